The van der Waals surface area contributed by atoms with Crippen LogP contribution in [0.1, 0.15) is 96.0 Å². The van der Waals surface area contributed by atoms with Crippen LogP contribution in [0.4, 0.5) is 0 Å². The summed E-state index contributed by atoms with van der Waals surface area (Å²) in [6.45, 7) is 4.56. The molecule has 5 saturated carbocycles. The molecule has 5 aliphatic rings. The molecule has 2 unspecified atom stereocenters. The highest BCUT2D eigenvalue weighted by Gasteiger charge is 2.50. The van der Waals surface area contributed by atoms with Crippen LogP contribution in [0.3, 0.4) is 0 Å². The molecule has 0 spiro atoms. The van der Waals surface area contributed by atoms with Gasteiger partial charge in [0.25, 0.3) is 0 Å². The van der Waals surface area contributed by atoms with Crippen LogP contribution in [0.5, 0.6) is 5.75 Å². The second-order valence-electron chi connectivity index (χ2n) is 10.8. The summed E-state index contributed by atoms with van der Waals surface area (Å²) in [6.07, 6.45) is 15.3. The Labute approximate surface area is 177 Å². The van der Waals surface area contributed by atoms with Gasteiger partial charge in [-0.15, -0.1) is 0 Å². The van der Waals surface area contributed by atoms with Crippen molar-refractivity contribution in [2.45, 2.75) is 103 Å². The van der Waals surface area contributed by atoms with Crippen molar-refractivity contribution in [2.75, 3.05) is 0 Å². The molecule has 1 aromatic rings. The van der Waals surface area contributed by atoms with Gasteiger partial charge in [0.05, 0.1) is 6.10 Å². The maximum atomic E-state index is 6.95. The van der Waals surface area contributed by atoms with E-state index in [1.165, 1.54) is 76.2 Å². The number of hydrogen-bond acceptors (Lipinski definition) is 2. The molecule has 0 radical (unpaired) electrons. The number of benzene rings is 1. The maximum Gasteiger partial charge on any atom is 0.202 e. The van der Waals surface area contributed by atoms with Crippen molar-refractivity contribution < 1.29 is 9.47 Å². The molecule has 0 aromatic heterocycles. The highest BCUT2D eigenvalue weighted by atomic mass is 16.7. The summed E-state index contributed by atoms with van der Waals surface area (Å²) in [7, 11) is 0. The quantitative estimate of drug-likeness (QED) is 0.449. The van der Waals surface area contributed by atoms with E-state index in [1.54, 1.807) is 0 Å². The van der Waals surface area contributed by atoms with Gasteiger partial charge in [0.15, 0.2) is 0 Å². The lowest BCUT2D eigenvalue weighted by molar-refractivity contribution is -0.217. The fourth-order valence-electron chi connectivity index (χ4n) is 7.14. The van der Waals surface area contributed by atoms with Gasteiger partial charge in [0.2, 0.25) is 6.29 Å². The molecule has 0 saturated heterocycles. The van der Waals surface area contributed by atoms with E-state index in [2.05, 4.69) is 38.1 Å². The van der Waals surface area contributed by atoms with Gasteiger partial charge < -0.3 is 9.47 Å². The van der Waals surface area contributed by atoms with Crippen molar-refractivity contribution >= 4 is 0 Å². The molecule has 1 aromatic carbocycles. The fourth-order valence-corrected chi connectivity index (χ4v) is 7.14. The average molecular weight is 397 g/mol. The summed E-state index contributed by atoms with van der Waals surface area (Å²) in [5.74, 6) is 5.77. The summed E-state index contributed by atoms with van der Waals surface area (Å²) in [5, 5.41) is 0. The van der Waals surface area contributed by atoms with Gasteiger partial charge in [-0.05, 0) is 98.7 Å². The average Bonchev–Trinajstić information content (AvgIpc) is 2.75. The maximum absolute atomic E-state index is 6.95. The van der Waals surface area contributed by atoms with E-state index in [9.17, 15) is 0 Å². The molecule has 5 aliphatic carbocycles. The molecule has 2 nitrogen and oxygen atoms in total. The highest BCUT2D eigenvalue weighted by molar-refractivity contribution is 5.29. The minimum Gasteiger partial charge on any atom is -0.465 e. The zero-order valence-electron chi connectivity index (χ0n) is 18.5. The molecular weight excluding hydrogens is 356 g/mol. The predicted octanol–water partition coefficient (Wildman–Crippen LogP) is 7.33. The summed E-state index contributed by atoms with van der Waals surface area (Å²) < 4.78 is 13.6. The van der Waals surface area contributed by atoms with E-state index in [-0.39, 0.29) is 6.29 Å². The van der Waals surface area contributed by atoms with Gasteiger partial charge >= 0.3 is 0 Å². The molecule has 160 valence electrons. The minimum atomic E-state index is -0.0488. The van der Waals surface area contributed by atoms with Crippen LogP contribution in [0.15, 0.2) is 24.3 Å². The predicted molar refractivity (Wildman–Crippen MR) is 118 cm³/mol. The molecule has 2 atom stereocenters. The van der Waals surface area contributed by atoms with Crippen molar-refractivity contribution in [1.29, 1.82) is 0 Å². The van der Waals surface area contributed by atoms with Crippen molar-refractivity contribution in [1.82, 2.24) is 0 Å². The van der Waals surface area contributed by atoms with E-state index in [1.807, 2.05) is 0 Å². The third kappa shape index (κ3) is 4.24. The molecule has 0 heterocycles. The van der Waals surface area contributed by atoms with Crippen molar-refractivity contribution in [3.63, 3.8) is 0 Å². The summed E-state index contributed by atoms with van der Waals surface area (Å²) in [5.41, 5.74) is 1.41. The Kier molecular flexibility index (Phi) is 5.92. The number of rotatable bonds is 7. The Hall–Kier alpha value is -1.02. The smallest absolute Gasteiger partial charge is 0.202 e. The van der Waals surface area contributed by atoms with Gasteiger partial charge in [-0.3, -0.25) is 0 Å². The Morgan fingerprint density at radius 1 is 0.862 bits per heavy atom. The minimum absolute atomic E-state index is 0.0488. The highest BCUT2D eigenvalue weighted by Crippen LogP contribution is 2.55. The third-order valence-electron chi connectivity index (χ3n) is 8.78. The van der Waals surface area contributed by atoms with E-state index >= 15 is 0 Å². The monoisotopic (exact) mass is 396 g/mol. The van der Waals surface area contributed by atoms with Gasteiger partial charge in [-0.25, -0.2) is 0 Å². The van der Waals surface area contributed by atoms with E-state index in [4.69, 9.17) is 9.47 Å². The zero-order valence-corrected chi connectivity index (χ0v) is 18.5. The van der Waals surface area contributed by atoms with Gasteiger partial charge in [-0.1, -0.05) is 45.2 Å². The SMILES string of the molecule is CCC(C)c1ccc(OC(OC2C3CC4CC(C3)CC2C4)C2CCCCC2)cc1. The van der Waals surface area contributed by atoms with E-state index in [0.717, 1.165) is 29.4 Å². The molecular formula is C27H40O2. The summed E-state index contributed by atoms with van der Waals surface area (Å²) >= 11 is 0. The number of ether oxygens (including phenoxy) is 2. The van der Waals surface area contributed by atoms with Gasteiger partial charge in [0.1, 0.15) is 5.75 Å². The summed E-state index contributed by atoms with van der Waals surface area (Å²) in [4.78, 5) is 0. The molecule has 0 amide bonds. The molecule has 6 rings (SSSR count). The Morgan fingerprint density at radius 3 is 2.07 bits per heavy atom. The van der Waals surface area contributed by atoms with Crippen LogP contribution >= 0.6 is 0 Å². The Bertz CT molecular complexity index is 632. The van der Waals surface area contributed by atoms with Crippen molar-refractivity contribution in [3.05, 3.63) is 29.8 Å². The van der Waals surface area contributed by atoms with Gasteiger partial charge in [0, 0.05) is 5.92 Å². The first kappa shape index (κ1) is 19.9. The molecule has 5 fully saturated rings. The van der Waals surface area contributed by atoms with Crippen molar-refractivity contribution in [3.8, 4) is 5.75 Å². The fraction of sp³-hybridized carbons (Fsp3) is 0.778. The summed E-state index contributed by atoms with van der Waals surface area (Å²) in [6, 6.07) is 8.86. The normalized spacial score (nSPS) is 36.1. The van der Waals surface area contributed by atoms with Crippen LogP contribution in [0.25, 0.3) is 0 Å². The Balaban J connectivity index is 1.30. The van der Waals surface area contributed by atoms with Crippen LogP contribution in [0, 0.1) is 29.6 Å². The first-order valence-electron chi connectivity index (χ1n) is 12.6. The van der Waals surface area contributed by atoms with Gasteiger partial charge in [-0.2, -0.15) is 0 Å². The molecule has 0 aliphatic heterocycles. The van der Waals surface area contributed by atoms with Crippen LogP contribution < -0.4 is 4.74 Å². The van der Waals surface area contributed by atoms with Crippen LogP contribution in [0.2, 0.25) is 0 Å². The van der Waals surface area contributed by atoms with Crippen molar-refractivity contribution in [2.24, 2.45) is 29.6 Å². The second kappa shape index (κ2) is 8.61. The largest absolute Gasteiger partial charge is 0.465 e. The lowest BCUT2D eigenvalue weighted by Crippen LogP contribution is -2.51. The standard InChI is InChI=1S/C27H40O2/c1-3-18(2)21-9-11-25(12-10-21)28-27(22-7-5-4-6-8-22)29-26-23-14-19-13-20(16-23)17-24(26)15-19/h9-12,18-20,22-24,26-27H,3-8,13-17H2,1-2H3. The third-order valence-corrected chi connectivity index (χ3v) is 8.78. The first-order valence-corrected chi connectivity index (χ1v) is 12.6. The Morgan fingerprint density at radius 2 is 1.48 bits per heavy atom. The first-order chi connectivity index (χ1) is 14.2. The lowest BCUT2D eigenvalue weighted by Gasteiger charge is -2.54. The topological polar surface area (TPSA) is 18.5 Å². The zero-order chi connectivity index (χ0) is 19.8. The molecule has 2 heteroatoms. The number of hydrogen-bond donors (Lipinski definition) is 0. The van der Waals surface area contributed by atoms with Crippen LogP contribution in [-0.4, -0.2) is 12.4 Å². The van der Waals surface area contributed by atoms with Crippen LogP contribution in [-0.2, 0) is 4.74 Å². The molecule has 0 N–H and O–H groups in total. The second-order valence-corrected chi connectivity index (χ2v) is 10.8. The molecule has 29 heavy (non-hydrogen) atoms. The molecule has 4 bridgehead atoms. The van der Waals surface area contributed by atoms with E-state index < -0.39 is 0 Å². The lowest BCUT2D eigenvalue weighted by atomic mass is 9.55. The van der Waals surface area contributed by atoms with E-state index in [0.29, 0.717) is 17.9 Å².